The second-order valence-electron chi connectivity index (χ2n) is 8.03. The highest BCUT2D eigenvalue weighted by Crippen LogP contribution is 2.19. The lowest BCUT2D eigenvalue weighted by atomic mass is 9.98. The molecule has 0 unspecified atom stereocenters. The predicted molar refractivity (Wildman–Crippen MR) is 131 cm³/mol. The Balaban J connectivity index is 0.00000300. The van der Waals surface area contributed by atoms with Crippen molar-refractivity contribution in [2.45, 2.75) is 32.9 Å². The van der Waals surface area contributed by atoms with E-state index in [4.69, 9.17) is 4.74 Å². The predicted octanol–water partition coefficient (Wildman–Crippen LogP) is 2.53. The van der Waals surface area contributed by atoms with Gasteiger partial charge in [0, 0.05) is 46.3 Å². The molecular weight excluding hydrogens is 477 g/mol. The molecule has 7 heteroatoms. The minimum absolute atomic E-state index is 0. The first kappa shape index (κ1) is 24.4. The van der Waals surface area contributed by atoms with Crippen LogP contribution in [-0.4, -0.2) is 75.3 Å². The van der Waals surface area contributed by atoms with Crippen molar-refractivity contribution in [2.75, 3.05) is 59.5 Å². The van der Waals surface area contributed by atoms with Gasteiger partial charge in [-0.3, -0.25) is 14.8 Å². The van der Waals surface area contributed by atoms with Crippen LogP contribution >= 0.6 is 24.0 Å². The molecule has 0 aliphatic carbocycles. The molecule has 3 rings (SSSR count). The van der Waals surface area contributed by atoms with E-state index in [9.17, 15) is 0 Å². The smallest absolute Gasteiger partial charge is 0.191 e. The van der Waals surface area contributed by atoms with Crippen molar-refractivity contribution in [1.82, 2.24) is 20.4 Å². The van der Waals surface area contributed by atoms with E-state index in [0.29, 0.717) is 0 Å². The summed E-state index contributed by atoms with van der Waals surface area (Å²) in [5.41, 5.74) is 2.78. The zero-order valence-corrected chi connectivity index (χ0v) is 20.4. The van der Waals surface area contributed by atoms with Crippen LogP contribution in [0.3, 0.4) is 0 Å². The maximum Gasteiger partial charge on any atom is 0.191 e. The summed E-state index contributed by atoms with van der Waals surface area (Å²) in [5.74, 6) is 1.75. The Morgan fingerprint density at radius 1 is 1.03 bits per heavy atom. The van der Waals surface area contributed by atoms with Gasteiger partial charge in [0.15, 0.2) is 5.96 Å². The van der Waals surface area contributed by atoms with Gasteiger partial charge >= 0.3 is 0 Å². The quantitative estimate of drug-likeness (QED) is 0.332. The van der Waals surface area contributed by atoms with Gasteiger partial charge in [0.1, 0.15) is 0 Å². The van der Waals surface area contributed by atoms with Gasteiger partial charge in [-0.2, -0.15) is 0 Å². The molecule has 2 N–H and O–H groups in total. The standard InChI is InChI=1S/C22H37N5O.HI/c1-19-7-10-27(11-8-19)18-21-6-4-3-5-20(21)17-25-22(23-2)24-9-12-26-13-15-28-16-14-26;/h3-6,19H,7-18H2,1-2H3,(H2,23,24,25);1H. The highest BCUT2D eigenvalue weighted by atomic mass is 127. The molecule has 2 heterocycles. The summed E-state index contributed by atoms with van der Waals surface area (Å²) in [5, 5.41) is 6.92. The van der Waals surface area contributed by atoms with Gasteiger partial charge in [-0.05, 0) is 43.0 Å². The third-order valence-electron chi connectivity index (χ3n) is 5.88. The number of nitrogens with zero attached hydrogens (tertiary/aromatic N) is 3. The fraction of sp³-hybridized carbons (Fsp3) is 0.682. The maximum atomic E-state index is 5.41. The van der Waals surface area contributed by atoms with Crippen molar-refractivity contribution in [3.8, 4) is 0 Å². The summed E-state index contributed by atoms with van der Waals surface area (Å²) < 4.78 is 5.41. The first-order chi connectivity index (χ1) is 13.7. The fourth-order valence-corrected chi connectivity index (χ4v) is 3.90. The molecule has 1 aromatic carbocycles. The molecule has 0 spiro atoms. The molecule has 2 aliphatic heterocycles. The van der Waals surface area contributed by atoms with E-state index in [0.717, 1.165) is 64.4 Å². The van der Waals surface area contributed by atoms with Crippen LogP contribution in [0.1, 0.15) is 30.9 Å². The van der Waals surface area contributed by atoms with E-state index in [-0.39, 0.29) is 24.0 Å². The van der Waals surface area contributed by atoms with Crippen molar-refractivity contribution in [3.63, 3.8) is 0 Å². The molecule has 0 saturated carbocycles. The summed E-state index contributed by atoms with van der Waals surface area (Å²) in [6.45, 7) is 12.3. The number of halogens is 1. The van der Waals surface area contributed by atoms with Crippen molar-refractivity contribution in [2.24, 2.45) is 10.9 Å². The molecule has 29 heavy (non-hydrogen) atoms. The van der Waals surface area contributed by atoms with E-state index < -0.39 is 0 Å². The minimum atomic E-state index is 0. The Morgan fingerprint density at radius 2 is 1.72 bits per heavy atom. The number of guanidine groups is 1. The highest BCUT2D eigenvalue weighted by Gasteiger charge is 2.16. The molecule has 164 valence electrons. The second-order valence-corrected chi connectivity index (χ2v) is 8.03. The van der Waals surface area contributed by atoms with Crippen LogP contribution in [-0.2, 0) is 17.8 Å². The third kappa shape index (κ3) is 8.39. The van der Waals surface area contributed by atoms with Crippen LogP contribution < -0.4 is 10.6 Å². The molecule has 0 atom stereocenters. The zero-order valence-electron chi connectivity index (χ0n) is 18.0. The SMILES string of the molecule is CN=C(NCCN1CCOCC1)NCc1ccccc1CN1CCC(C)CC1.I. The summed E-state index contributed by atoms with van der Waals surface area (Å²) >= 11 is 0. The lowest BCUT2D eigenvalue weighted by molar-refractivity contribution is 0.0389. The first-order valence-electron chi connectivity index (χ1n) is 10.8. The summed E-state index contributed by atoms with van der Waals surface area (Å²) in [4.78, 5) is 9.40. The van der Waals surface area contributed by atoms with Gasteiger partial charge in [0.05, 0.1) is 13.2 Å². The molecular formula is C22H38IN5O. The van der Waals surface area contributed by atoms with Crippen molar-refractivity contribution >= 4 is 29.9 Å². The number of piperidine rings is 1. The van der Waals surface area contributed by atoms with E-state index in [1.54, 1.807) is 0 Å². The van der Waals surface area contributed by atoms with Crippen LogP contribution in [0.4, 0.5) is 0 Å². The molecule has 2 fully saturated rings. The largest absolute Gasteiger partial charge is 0.379 e. The summed E-state index contributed by atoms with van der Waals surface area (Å²) in [6.07, 6.45) is 2.64. The molecule has 6 nitrogen and oxygen atoms in total. The molecule has 0 aromatic heterocycles. The zero-order chi connectivity index (χ0) is 19.6. The number of rotatable bonds is 7. The van der Waals surface area contributed by atoms with Crippen LogP contribution in [0.5, 0.6) is 0 Å². The normalized spacial score (nSPS) is 19.6. The van der Waals surface area contributed by atoms with Crippen molar-refractivity contribution in [3.05, 3.63) is 35.4 Å². The first-order valence-corrected chi connectivity index (χ1v) is 10.8. The van der Waals surface area contributed by atoms with E-state index >= 15 is 0 Å². The fourth-order valence-electron chi connectivity index (χ4n) is 3.90. The topological polar surface area (TPSA) is 52.1 Å². The van der Waals surface area contributed by atoms with Crippen LogP contribution in [0.25, 0.3) is 0 Å². The average Bonchev–Trinajstić information content (AvgIpc) is 2.74. The Labute approximate surface area is 193 Å². The number of nitrogens with one attached hydrogen (secondary N) is 2. The Morgan fingerprint density at radius 3 is 2.41 bits per heavy atom. The average molecular weight is 515 g/mol. The Kier molecular flexibility index (Phi) is 11.3. The minimum Gasteiger partial charge on any atom is -0.379 e. The third-order valence-corrected chi connectivity index (χ3v) is 5.88. The van der Waals surface area contributed by atoms with Gasteiger partial charge in [-0.15, -0.1) is 24.0 Å². The number of hydrogen-bond acceptors (Lipinski definition) is 4. The number of hydrogen-bond donors (Lipinski definition) is 2. The van der Waals surface area contributed by atoms with Gasteiger partial charge in [0.25, 0.3) is 0 Å². The van der Waals surface area contributed by atoms with Crippen molar-refractivity contribution in [1.29, 1.82) is 0 Å². The van der Waals surface area contributed by atoms with Gasteiger partial charge in [0.2, 0.25) is 0 Å². The van der Waals surface area contributed by atoms with E-state index in [2.05, 4.69) is 56.6 Å². The molecule has 0 bridgehead atoms. The van der Waals surface area contributed by atoms with Gasteiger partial charge < -0.3 is 15.4 Å². The Hall–Kier alpha value is -0.900. The van der Waals surface area contributed by atoms with E-state index in [1.165, 1.54) is 37.1 Å². The lowest BCUT2D eigenvalue weighted by Gasteiger charge is -2.30. The van der Waals surface area contributed by atoms with Crippen molar-refractivity contribution < 1.29 is 4.74 Å². The summed E-state index contributed by atoms with van der Waals surface area (Å²) in [7, 11) is 1.84. The van der Waals surface area contributed by atoms with Gasteiger partial charge in [-0.1, -0.05) is 31.2 Å². The number of ether oxygens (including phenoxy) is 1. The van der Waals surface area contributed by atoms with Gasteiger partial charge in [-0.25, -0.2) is 0 Å². The molecule has 1 aromatic rings. The van der Waals surface area contributed by atoms with Crippen LogP contribution in [0.2, 0.25) is 0 Å². The van der Waals surface area contributed by atoms with Crippen LogP contribution in [0, 0.1) is 5.92 Å². The molecule has 0 radical (unpaired) electrons. The molecule has 2 aliphatic rings. The Bertz CT molecular complexity index is 613. The summed E-state index contributed by atoms with van der Waals surface area (Å²) in [6, 6.07) is 8.79. The second kappa shape index (κ2) is 13.4. The van der Waals surface area contributed by atoms with Crippen LogP contribution in [0.15, 0.2) is 29.3 Å². The number of aliphatic imine (C=N–C) groups is 1. The highest BCUT2D eigenvalue weighted by molar-refractivity contribution is 14.0. The molecule has 0 amide bonds. The number of likely N-dealkylation sites (tertiary alicyclic amines) is 1. The number of benzene rings is 1. The maximum absolute atomic E-state index is 5.41. The number of morpholine rings is 1. The van der Waals surface area contributed by atoms with E-state index in [1.807, 2.05) is 7.05 Å². The molecule has 2 saturated heterocycles. The lowest BCUT2D eigenvalue weighted by Crippen LogP contribution is -2.44. The monoisotopic (exact) mass is 515 g/mol.